The smallest absolute Gasteiger partial charge is 0.306 e. The van der Waals surface area contributed by atoms with Crippen molar-refractivity contribution in [1.82, 2.24) is 9.55 Å². The molecule has 0 saturated carbocycles. The Morgan fingerprint density at radius 2 is 1.85 bits per heavy atom. The molecule has 2 atom stereocenters. The van der Waals surface area contributed by atoms with Gasteiger partial charge in [0, 0.05) is 6.42 Å². The van der Waals surface area contributed by atoms with Gasteiger partial charge >= 0.3 is 5.97 Å². The molecular weight excluding hydrogens is 371 g/mol. The van der Waals surface area contributed by atoms with Gasteiger partial charge in [0.25, 0.3) is 0 Å². The summed E-state index contributed by atoms with van der Waals surface area (Å²) in [5.41, 5.74) is 2.67. The van der Waals surface area contributed by atoms with Crippen molar-refractivity contribution in [2.45, 2.75) is 32.7 Å². The lowest BCUT2D eigenvalue weighted by atomic mass is 9.95. The Labute approximate surface area is 162 Å². The topological polar surface area (TPSA) is 55.1 Å². The second kappa shape index (κ2) is 7.68. The summed E-state index contributed by atoms with van der Waals surface area (Å²) in [6, 6.07) is 13.3. The predicted octanol–water partition coefficient (Wildman–Crippen LogP) is 5.61. The van der Waals surface area contributed by atoms with Crippen molar-refractivity contribution in [2.24, 2.45) is 5.92 Å². The quantitative estimate of drug-likeness (QED) is 0.595. The first-order valence-electron chi connectivity index (χ1n) is 8.56. The van der Waals surface area contributed by atoms with Crippen LogP contribution >= 0.6 is 23.2 Å². The molecule has 0 aliphatic heterocycles. The Kier molecular flexibility index (Phi) is 5.54. The number of halogens is 2. The first-order chi connectivity index (χ1) is 12.4. The fraction of sp³-hybridized carbons (Fsp3) is 0.300. The van der Waals surface area contributed by atoms with Crippen LogP contribution in [0.2, 0.25) is 10.0 Å². The van der Waals surface area contributed by atoms with Crippen LogP contribution in [0.25, 0.3) is 11.0 Å². The zero-order chi connectivity index (χ0) is 18.8. The number of aromatic nitrogens is 2. The molecule has 6 heteroatoms. The molecule has 1 heterocycles. The molecule has 0 spiro atoms. The molecule has 0 aliphatic rings. The van der Waals surface area contributed by atoms with E-state index in [0.717, 1.165) is 22.4 Å². The first kappa shape index (κ1) is 18.7. The van der Waals surface area contributed by atoms with E-state index in [1.54, 1.807) is 13.0 Å². The average molecular weight is 391 g/mol. The number of hydrogen-bond donors (Lipinski definition) is 1. The zero-order valence-corrected chi connectivity index (χ0v) is 16.1. The molecule has 0 bridgehead atoms. The van der Waals surface area contributed by atoms with Gasteiger partial charge in [0.1, 0.15) is 5.82 Å². The Bertz CT molecular complexity index is 938. The van der Waals surface area contributed by atoms with Crippen molar-refractivity contribution in [3.05, 3.63) is 63.9 Å². The fourth-order valence-electron chi connectivity index (χ4n) is 3.24. The van der Waals surface area contributed by atoms with E-state index in [1.165, 1.54) is 0 Å². The van der Waals surface area contributed by atoms with Gasteiger partial charge in [-0.05, 0) is 24.1 Å². The van der Waals surface area contributed by atoms with Crippen LogP contribution in [0.1, 0.15) is 37.7 Å². The van der Waals surface area contributed by atoms with Gasteiger partial charge in [0.05, 0.1) is 33.0 Å². The lowest BCUT2D eigenvalue weighted by Gasteiger charge is -2.24. The van der Waals surface area contributed by atoms with Gasteiger partial charge in [-0.1, -0.05) is 67.4 Å². The van der Waals surface area contributed by atoms with E-state index in [2.05, 4.69) is 4.57 Å². The third-order valence-electron chi connectivity index (χ3n) is 4.62. The minimum absolute atomic E-state index is 0.153. The number of aliphatic carboxylic acids is 1. The van der Waals surface area contributed by atoms with E-state index >= 15 is 0 Å². The van der Waals surface area contributed by atoms with Gasteiger partial charge in [-0.2, -0.15) is 0 Å². The number of fused-ring (bicyclic) bond motifs is 1. The van der Waals surface area contributed by atoms with Crippen molar-refractivity contribution in [3.63, 3.8) is 0 Å². The van der Waals surface area contributed by atoms with Crippen molar-refractivity contribution in [2.75, 3.05) is 0 Å². The number of imidazole rings is 1. The van der Waals surface area contributed by atoms with Crippen LogP contribution in [-0.2, 0) is 11.2 Å². The van der Waals surface area contributed by atoms with E-state index in [-0.39, 0.29) is 6.04 Å². The lowest BCUT2D eigenvalue weighted by molar-refractivity contribution is -0.141. The first-order valence-corrected chi connectivity index (χ1v) is 9.31. The van der Waals surface area contributed by atoms with Crippen LogP contribution in [0, 0.1) is 5.92 Å². The molecule has 0 saturated heterocycles. The van der Waals surface area contributed by atoms with Crippen LogP contribution in [0.5, 0.6) is 0 Å². The molecule has 26 heavy (non-hydrogen) atoms. The summed E-state index contributed by atoms with van der Waals surface area (Å²) >= 11 is 12.4. The SMILES string of the molecule is CCc1nc2cc(Cl)c(Cl)cc2n1C(CC(C)C(=O)O)c1ccccc1. The van der Waals surface area contributed by atoms with Gasteiger partial charge in [-0.15, -0.1) is 0 Å². The zero-order valence-electron chi connectivity index (χ0n) is 14.6. The largest absolute Gasteiger partial charge is 0.481 e. The van der Waals surface area contributed by atoms with Crippen LogP contribution in [0.3, 0.4) is 0 Å². The summed E-state index contributed by atoms with van der Waals surface area (Å²) < 4.78 is 2.10. The maximum Gasteiger partial charge on any atom is 0.306 e. The summed E-state index contributed by atoms with van der Waals surface area (Å²) in [7, 11) is 0. The summed E-state index contributed by atoms with van der Waals surface area (Å²) in [6.07, 6.45) is 1.17. The molecular formula is C20H20Cl2N2O2. The molecule has 1 aromatic heterocycles. The molecule has 0 fully saturated rings. The standard InChI is InChI=1S/C20H20Cl2N2O2/c1-3-19-23-16-10-14(21)15(22)11-18(16)24(19)17(9-12(2)20(25)26)13-7-5-4-6-8-13/h4-8,10-12,17H,3,9H2,1-2H3,(H,25,26). The third-order valence-corrected chi connectivity index (χ3v) is 5.34. The minimum atomic E-state index is -0.811. The number of aryl methyl sites for hydroxylation is 1. The summed E-state index contributed by atoms with van der Waals surface area (Å²) in [5.74, 6) is -0.426. The number of nitrogens with zero attached hydrogens (tertiary/aromatic N) is 2. The number of rotatable bonds is 6. The second-order valence-electron chi connectivity index (χ2n) is 6.41. The maximum absolute atomic E-state index is 11.5. The van der Waals surface area contributed by atoms with E-state index in [4.69, 9.17) is 28.2 Å². The molecule has 4 nitrogen and oxygen atoms in total. The molecule has 0 amide bonds. The minimum Gasteiger partial charge on any atom is -0.481 e. The summed E-state index contributed by atoms with van der Waals surface area (Å²) in [6.45, 7) is 3.76. The third kappa shape index (κ3) is 3.57. The van der Waals surface area contributed by atoms with E-state index in [0.29, 0.717) is 22.9 Å². The number of carboxylic acids is 1. The summed E-state index contributed by atoms with van der Waals surface area (Å²) in [4.78, 5) is 16.2. The molecule has 3 rings (SSSR count). The van der Waals surface area contributed by atoms with Gasteiger partial charge in [0.2, 0.25) is 0 Å². The van der Waals surface area contributed by atoms with Gasteiger partial charge in [-0.25, -0.2) is 4.98 Å². The highest BCUT2D eigenvalue weighted by molar-refractivity contribution is 6.42. The Morgan fingerprint density at radius 3 is 2.46 bits per heavy atom. The molecule has 2 aromatic carbocycles. The highest BCUT2D eigenvalue weighted by Gasteiger charge is 2.25. The highest BCUT2D eigenvalue weighted by Crippen LogP contribution is 2.35. The van der Waals surface area contributed by atoms with Crippen LogP contribution in [-0.4, -0.2) is 20.6 Å². The van der Waals surface area contributed by atoms with Crippen LogP contribution in [0.15, 0.2) is 42.5 Å². The molecule has 136 valence electrons. The summed E-state index contributed by atoms with van der Waals surface area (Å²) in [5, 5.41) is 10.4. The molecule has 3 aromatic rings. The Balaban J connectivity index is 2.22. The van der Waals surface area contributed by atoms with E-state index in [1.807, 2.05) is 43.3 Å². The van der Waals surface area contributed by atoms with Gasteiger partial charge in [-0.3, -0.25) is 4.79 Å². The Hall–Kier alpha value is -2.04. The molecule has 0 aliphatic carbocycles. The molecule has 1 N–H and O–H groups in total. The maximum atomic E-state index is 11.5. The average Bonchev–Trinajstić information content (AvgIpc) is 2.97. The normalized spacial score (nSPS) is 13.7. The van der Waals surface area contributed by atoms with Crippen LogP contribution < -0.4 is 0 Å². The number of benzene rings is 2. The van der Waals surface area contributed by atoms with Crippen LogP contribution in [0.4, 0.5) is 0 Å². The monoisotopic (exact) mass is 390 g/mol. The fourth-order valence-corrected chi connectivity index (χ4v) is 3.55. The Morgan fingerprint density at radius 1 is 1.19 bits per heavy atom. The van der Waals surface area contributed by atoms with E-state index < -0.39 is 11.9 Å². The van der Waals surface area contributed by atoms with Gasteiger partial charge < -0.3 is 9.67 Å². The highest BCUT2D eigenvalue weighted by atomic mass is 35.5. The lowest BCUT2D eigenvalue weighted by Crippen LogP contribution is -2.20. The van der Waals surface area contributed by atoms with Crippen molar-refractivity contribution >= 4 is 40.2 Å². The van der Waals surface area contributed by atoms with E-state index in [9.17, 15) is 9.90 Å². The molecule has 0 radical (unpaired) electrons. The second-order valence-corrected chi connectivity index (χ2v) is 7.22. The van der Waals surface area contributed by atoms with Crippen molar-refractivity contribution in [1.29, 1.82) is 0 Å². The molecule has 2 unspecified atom stereocenters. The predicted molar refractivity (Wildman–Crippen MR) is 105 cm³/mol. The number of carboxylic acid groups (broad SMARTS) is 1. The van der Waals surface area contributed by atoms with Gasteiger partial charge in [0.15, 0.2) is 0 Å². The van der Waals surface area contributed by atoms with Crippen molar-refractivity contribution < 1.29 is 9.90 Å². The number of carbonyl (C=O) groups is 1. The number of hydrogen-bond acceptors (Lipinski definition) is 2. The van der Waals surface area contributed by atoms with Crippen molar-refractivity contribution in [3.8, 4) is 0 Å².